The minimum absolute atomic E-state index is 0.0842. The molecule has 17 heavy (non-hydrogen) atoms. The molecule has 0 fully saturated rings. The minimum atomic E-state index is -0.0842. The van der Waals surface area contributed by atoms with Crippen LogP contribution < -0.4 is 5.32 Å². The average Bonchev–Trinajstić information content (AvgIpc) is 2.77. The van der Waals surface area contributed by atoms with E-state index in [4.69, 9.17) is 0 Å². The zero-order valence-electron chi connectivity index (χ0n) is 9.64. The lowest BCUT2D eigenvalue weighted by Crippen LogP contribution is -2.25. The molecular formula is C13H14N2OS. The number of hydrogen-bond acceptors (Lipinski definition) is 3. The molecule has 0 aliphatic rings. The maximum absolute atomic E-state index is 11.7. The molecule has 0 saturated heterocycles. The maximum Gasteiger partial charge on any atom is 0.280 e. The van der Waals surface area contributed by atoms with E-state index in [2.05, 4.69) is 22.4 Å². The summed E-state index contributed by atoms with van der Waals surface area (Å²) in [4.78, 5) is 15.8. The van der Waals surface area contributed by atoms with Crippen LogP contribution in [-0.4, -0.2) is 17.4 Å². The van der Waals surface area contributed by atoms with Crippen molar-refractivity contribution < 1.29 is 4.79 Å². The van der Waals surface area contributed by atoms with Crippen LogP contribution in [0.15, 0.2) is 35.7 Å². The zero-order chi connectivity index (χ0) is 12.1. The molecule has 88 valence electrons. The van der Waals surface area contributed by atoms with Crippen molar-refractivity contribution in [2.45, 2.75) is 13.3 Å². The van der Waals surface area contributed by atoms with Crippen LogP contribution >= 0.6 is 11.3 Å². The molecule has 3 nitrogen and oxygen atoms in total. The fourth-order valence-corrected chi connectivity index (χ4v) is 2.21. The summed E-state index contributed by atoms with van der Waals surface area (Å²) in [6, 6.07) is 10.1. The first-order valence-electron chi connectivity index (χ1n) is 5.50. The first-order valence-corrected chi connectivity index (χ1v) is 6.38. The molecule has 4 heteroatoms. The lowest BCUT2D eigenvalue weighted by Gasteiger charge is -2.02. The molecule has 0 bridgehead atoms. The second kappa shape index (κ2) is 5.59. The average molecular weight is 246 g/mol. The number of aryl methyl sites for hydroxylation is 1. The second-order valence-electron chi connectivity index (χ2n) is 3.79. The Bertz CT molecular complexity index is 493. The van der Waals surface area contributed by atoms with Gasteiger partial charge in [-0.05, 0) is 18.9 Å². The number of nitrogens with one attached hydrogen (secondary N) is 1. The van der Waals surface area contributed by atoms with Gasteiger partial charge in [-0.2, -0.15) is 0 Å². The normalized spacial score (nSPS) is 10.2. The van der Waals surface area contributed by atoms with Crippen LogP contribution in [0.2, 0.25) is 0 Å². The number of rotatable bonds is 4. The van der Waals surface area contributed by atoms with Gasteiger partial charge in [0.05, 0.1) is 0 Å². The minimum Gasteiger partial charge on any atom is -0.350 e. The summed E-state index contributed by atoms with van der Waals surface area (Å²) in [5, 5.41) is 5.29. The van der Waals surface area contributed by atoms with Gasteiger partial charge in [-0.1, -0.05) is 30.3 Å². The Balaban J connectivity index is 1.81. The Morgan fingerprint density at radius 1 is 1.35 bits per heavy atom. The predicted molar refractivity (Wildman–Crippen MR) is 69.3 cm³/mol. The molecule has 1 N–H and O–H groups in total. The molecule has 0 atom stereocenters. The number of carbonyl (C=O) groups is 1. The van der Waals surface area contributed by atoms with E-state index in [9.17, 15) is 4.79 Å². The summed E-state index contributed by atoms with van der Waals surface area (Å²) in [5.41, 5.74) is 2.12. The number of carbonyl (C=O) groups excluding carboxylic acids is 1. The van der Waals surface area contributed by atoms with E-state index in [1.807, 2.05) is 30.5 Å². The van der Waals surface area contributed by atoms with E-state index in [1.165, 1.54) is 16.9 Å². The van der Waals surface area contributed by atoms with Gasteiger partial charge in [0.15, 0.2) is 5.01 Å². The molecule has 0 saturated carbocycles. The van der Waals surface area contributed by atoms with Gasteiger partial charge in [0.25, 0.3) is 5.91 Å². The van der Waals surface area contributed by atoms with Crippen molar-refractivity contribution in [1.29, 1.82) is 0 Å². The summed E-state index contributed by atoms with van der Waals surface area (Å²) in [6.45, 7) is 2.53. The van der Waals surface area contributed by atoms with Crippen molar-refractivity contribution >= 4 is 17.2 Å². The van der Waals surface area contributed by atoms with Crippen LogP contribution in [0.5, 0.6) is 0 Å². The molecule has 2 aromatic rings. The van der Waals surface area contributed by atoms with Gasteiger partial charge in [0.1, 0.15) is 0 Å². The van der Waals surface area contributed by atoms with Crippen LogP contribution in [0.1, 0.15) is 21.1 Å². The van der Waals surface area contributed by atoms with Gasteiger partial charge >= 0.3 is 0 Å². The number of benzene rings is 1. The van der Waals surface area contributed by atoms with Crippen molar-refractivity contribution in [2.75, 3.05) is 6.54 Å². The Morgan fingerprint density at radius 3 is 2.76 bits per heavy atom. The van der Waals surface area contributed by atoms with Crippen molar-refractivity contribution in [3.63, 3.8) is 0 Å². The molecule has 0 aliphatic heterocycles. The molecule has 0 aliphatic carbocycles. The first kappa shape index (κ1) is 11.8. The number of nitrogens with zero attached hydrogens (tertiary/aromatic N) is 1. The maximum atomic E-state index is 11.7. The highest BCUT2D eigenvalue weighted by molar-refractivity contribution is 7.11. The highest BCUT2D eigenvalue weighted by Gasteiger charge is 2.08. The van der Waals surface area contributed by atoms with Crippen LogP contribution in [0.25, 0.3) is 0 Å². The zero-order valence-corrected chi connectivity index (χ0v) is 10.5. The molecule has 1 aromatic carbocycles. The summed E-state index contributed by atoms with van der Waals surface area (Å²) < 4.78 is 0. The van der Waals surface area contributed by atoms with Crippen LogP contribution in [0.4, 0.5) is 0 Å². The summed E-state index contributed by atoms with van der Waals surface area (Å²) in [5.74, 6) is -0.0842. The Kier molecular flexibility index (Phi) is 3.88. The van der Waals surface area contributed by atoms with Crippen LogP contribution in [0, 0.1) is 6.92 Å². The van der Waals surface area contributed by atoms with Gasteiger partial charge in [-0.25, -0.2) is 4.98 Å². The lowest BCUT2D eigenvalue weighted by atomic mass is 10.1. The molecular weight excluding hydrogens is 232 g/mol. The van der Waals surface area contributed by atoms with Crippen LogP contribution in [0.3, 0.4) is 0 Å². The van der Waals surface area contributed by atoms with Crippen LogP contribution in [-0.2, 0) is 6.42 Å². The van der Waals surface area contributed by atoms with Gasteiger partial charge < -0.3 is 5.32 Å². The Labute approximate surface area is 105 Å². The topological polar surface area (TPSA) is 42.0 Å². The molecule has 1 heterocycles. The fraction of sp³-hybridized carbons (Fsp3) is 0.231. The van der Waals surface area contributed by atoms with E-state index >= 15 is 0 Å². The van der Waals surface area contributed by atoms with Crippen molar-refractivity contribution in [2.24, 2.45) is 0 Å². The summed E-state index contributed by atoms with van der Waals surface area (Å²) in [6.07, 6.45) is 0.844. The Hall–Kier alpha value is -1.68. The number of hydrogen-bond donors (Lipinski definition) is 1. The summed E-state index contributed by atoms with van der Waals surface area (Å²) >= 11 is 1.38. The molecule has 1 aromatic heterocycles. The SMILES string of the molecule is Cc1csc(C(=O)NCCc2ccccc2)n1. The largest absolute Gasteiger partial charge is 0.350 e. The lowest BCUT2D eigenvalue weighted by molar-refractivity contribution is 0.0953. The van der Waals surface area contributed by atoms with E-state index in [1.54, 1.807) is 0 Å². The molecule has 0 spiro atoms. The monoisotopic (exact) mass is 246 g/mol. The summed E-state index contributed by atoms with van der Waals surface area (Å²) in [7, 11) is 0. The smallest absolute Gasteiger partial charge is 0.280 e. The van der Waals surface area contributed by atoms with E-state index < -0.39 is 0 Å². The third-order valence-corrected chi connectivity index (χ3v) is 3.31. The van der Waals surface area contributed by atoms with Gasteiger partial charge in [0, 0.05) is 17.6 Å². The third-order valence-electron chi connectivity index (χ3n) is 2.36. The van der Waals surface area contributed by atoms with E-state index in [0.29, 0.717) is 11.6 Å². The molecule has 0 unspecified atom stereocenters. The fourth-order valence-electron chi connectivity index (χ4n) is 1.50. The Morgan fingerprint density at radius 2 is 2.12 bits per heavy atom. The van der Waals surface area contributed by atoms with Gasteiger partial charge in [-0.3, -0.25) is 4.79 Å². The third kappa shape index (κ3) is 3.39. The quantitative estimate of drug-likeness (QED) is 0.900. The highest BCUT2D eigenvalue weighted by Crippen LogP contribution is 2.08. The molecule has 1 amide bonds. The van der Waals surface area contributed by atoms with Gasteiger partial charge in [-0.15, -0.1) is 11.3 Å². The number of thiazole rings is 1. The predicted octanol–water partition coefficient (Wildman–Crippen LogP) is 2.42. The second-order valence-corrected chi connectivity index (χ2v) is 4.64. The first-order chi connectivity index (χ1) is 8.25. The number of aromatic nitrogens is 1. The molecule has 2 rings (SSSR count). The number of amides is 1. The van der Waals surface area contributed by atoms with Gasteiger partial charge in [0.2, 0.25) is 0 Å². The molecule has 0 radical (unpaired) electrons. The highest BCUT2D eigenvalue weighted by atomic mass is 32.1. The standard InChI is InChI=1S/C13H14N2OS/c1-10-9-17-13(15-10)12(16)14-8-7-11-5-3-2-4-6-11/h2-6,9H,7-8H2,1H3,(H,14,16). The van der Waals surface area contributed by atoms with Crippen molar-refractivity contribution in [3.8, 4) is 0 Å². The van der Waals surface area contributed by atoms with E-state index in [0.717, 1.165) is 12.1 Å². The van der Waals surface area contributed by atoms with Crippen molar-refractivity contribution in [1.82, 2.24) is 10.3 Å². The van der Waals surface area contributed by atoms with Crippen molar-refractivity contribution in [3.05, 3.63) is 52.0 Å². The van der Waals surface area contributed by atoms with E-state index in [-0.39, 0.29) is 5.91 Å².